The molecular formula is C15H14. The van der Waals surface area contributed by atoms with Crippen LogP contribution in [-0.2, 0) is 6.42 Å². The van der Waals surface area contributed by atoms with Crippen LogP contribution in [0.1, 0.15) is 11.1 Å². The first-order chi connectivity index (χ1) is 7.35. The summed E-state index contributed by atoms with van der Waals surface area (Å²) >= 11 is 0. The summed E-state index contributed by atoms with van der Waals surface area (Å²) < 4.78 is 0. The van der Waals surface area contributed by atoms with Gasteiger partial charge in [0.25, 0.3) is 0 Å². The van der Waals surface area contributed by atoms with E-state index in [1.807, 2.05) is 12.2 Å². The fraction of sp³-hybridized carbons (Fsp3) is 0.0667. The highest BCUT2D eigenvalue weighted by Gasteiger charge is 2.00. The molecule has 0 amide bonds. The third-order valence-corrected chi connectivity index (χ3v) is 2.59. The van der Waals surface area contributed by atoms with Gasteiger partial charge in [-0.1, -0.05) is 49.1 Å². The molecule has 0 aliphatic carbocycles. The van der Waals surface area contributed by atoms with Crippen LogP contribution in [0.15, 0.2) is 55.6 Å². The zero-order valence-electron chi connectivity index (χ0n) is 8.74. The van der Waals surface area contributed by atoms with Gasteiger partial charge in [-0.25, -0.2) is 0 Å². The molecule has 0 saturated carbocycles. The van der Waals surface area contributed by atoms with Crippen LogP contribution >= 0.6 is 0 Å². The SMILES string of the molecule is C=CCc1cc2ccccc2cc1C=C. The first-order valence-corrected chi connectivity index (χ1v) is 5.10. The Bertz CT molecular complexity index is 506. The molecule has 0 atom stereocenters. The van der Waals surface area contributed by atoms with E-state index in [0.717, 1.165) is 6.42 Å². The van der Waals surface area contributed by atoms with Gasteiger partial charge in [0.15, 0.2) is 0 Å². The first-order valence-electron chi connectivity index (χ1n) is 5.10. The summed E-state index contributed by atoms with van der Waals surface area (Å²) in [5.41, 5.74) is 2.49. The highest BCUT2D eigenvalue weighted by atomic mass is 14.0. The van der Waals surface area contributed by atoms with Crippen LogP contribution in [0, 0.1) is 0 Å². The zero-order valence-corrected chi connectivity index (χ0v) is 8.74. The van der Waals surface area contributed by atoms with Gasteiger partial charge < -0.3 is 0 Å². The Morgan fingerprint density at radius 1 is 1.00 bits per heavy atom. The predicted molar refractivity (Wildman–Crippen MR) is 67.9 cm³/mol. The molecule has 0 heteroatoms. The normalized spacial score (nSPS) is 10.1. The summed E-state index contributed by atoms with van der Waals surface area (Å²) in [7, 11) is 0. The van der Waals surface area contributed by atoms with Crippen molar-refractivity contribution in [1.82, 2.24) is 0 Å². The average molecular weight is 194 g/mol. The molecule has 0 heterocycles. The molecule has 0 unspecified atom stereocenters. The topological polar surface area (TPSA) is 0 Å². The molecule has 0 radical (unpaired) electrons. The number of hydrogen-bond acceptors (Lipinski definition) is 0. The Morgan fingerprint density at radius 3 is 2.27 bits per heavy atom. The third-order valence-electron chi connectivity index (χ3n) is 2.59. The number of hydrogen-bond donors (Lipinski definition) is 0. The number of allylic oxidation sites excluding steroid dienone is 1. The lowest BCUT2D eigenvalue weighted by Gasteiger charge is -2.06. The van der Waals surface area contributed by atoms with Crippen LogP contribution < -0.4 is 0 Å². The Labute approximate surface area is 90.6 Å². The molecule has 2 rings (SSSR count). The molecule has 0 fully saturated rings. The van der Waals surface area contributed by atoms with E-state index in [0.29, 0.717) is 0 Å². The summed E-state index contributed by atoms with van der Waals surface area (Å²) in [5, 5.41) is 2.54. The third kappa shape index (κ3) is 1.84. The summed E-state index contributed by atoms with van der Waals surface area (Å²) in [6.45, 7) is 7.62. The van der Waals surface area contributed by atoms with Crippen LogP contribution in [0.3, 0.4) is 0 Å². The minimum atomic E-state index is 0.895. The largest absolute Gasteiger partial charge is 0.103 e. The van der Waals surface area contributed by atoms with Gasteiger partial charge >= 0.3 is 0 Å². The maximum Gasteiger partial charge on any atom is -0.00940 e. The van der Waals surface area contributed by atoms with E-state index < -0.39 is 0 Å². The molecule has 0 spiro atoms. The van der Waals surface area contributed by atoms with Crippen LogP contribution in [0.25, 0.3) is 16.8 Å². The van der Waals surface area contributed by atoms with E-state index in [1.54, 1.807) is 0 Å². The molecule has 0 aliphatic heterocycles. The van der Waals surface area contributed by atoms with E-state index in [-0.39, 0.29) is 0 Å². The monoisotopic (exact) mass is 194 g/mol. The minimum absolute atomic E-state index is 0.895. The molecule has 0 nitrogen and oxygen atoms in total. The summed E-state index contributed by atoms with van der Waals surface area (Å²) in [6.07, 6.45) is 4.73. The first kappa shape index (κ1) is 9.72. The van der Waals surface area contributed by atoms with E-state index in [2.05, 4.69) is 49.6 Å². The minimum Gasteiger partial charge on any atom is -0.103 e. The van der Waals surface area contributed by atoms with Crippen molar-refractivity contribution < 1.29 is 0 Å². The van der Waals surface area contributed by atoms with Gasteiger partial charge in [-0.2, -0.15) is 0 Å². The van der Waals surface area contributed by atoms with Crippen LogP contribution in [0.2, 0.25) is 0 Å². The van der Waals surface area contributed by atoms with Gasteiger partial charge in [-0.15, -0.1) is 6.58 Å². The summed E-state index contributed by atoms with van der Waals surface area (Å²) in [4.78, 5) is 0. The predicted octanol–water partition coefficient (Wildman–Crippen LogP) is 4.21. The highest BCUT2D eigenvalue weighted by molar-refractivity contribution is 5.86. The van der Waals surface area contributed by atoms with Gasteiger partial charge in [0, 0.05) is 0 Å². The summed E-state index contributed by atoms with van der Waals surface area (Å²) in [6, 6.07) is 12.8. The second kappa shape index (κ2) is 4.14. The second-order valence-corrected chi connectivity index (χ2v) is 3.60. The summed E-state index contributed by atoms with van der Waals surface area (Å²) in [5.74, 6) is 0. The molecule has 2 aromatic carbocycles. The highest BCUT2D eigenvalue weighted by Crippen LogP contribution is 2.21. The van der Waals surface area contributed by atoms with Crippen molar-refractivity contribution >= 4 is 16.8 Å². The van der Waals surface area contributed by atoms with Crippen molar-refractivity contribution in [1.29, 1.82) is 0 Å². The van der Waals surface area contributed by atoms with E-state index in [9.17, 15) is 0 Å². The molecule has 0 aliphatic rings. The fourth-order valence-electron chi connectivity index (χ4n) is 1.83. The molecule has 2 aromatic rings. The van der Waals surface area contributed by atoms with Crippen molar-refractivity contribution in [2.45, 2.75) is 6.42 Å². The van der Waals surface area contributed by atoms with E-state index in [1.165, 1.54) is 21.9 Å². The number of fused-ring (bicyclic) bond motifs is 1. The molecule has 15 heavy (non-hydrogen) atoms. The van der Waals surface area contributed by atoms with Crippen molar-refractivity contribution in [2.75, 3.05) is 0 Å². The van der Waals surface area contributed by atoms with Crippen molar-refractivity contribution in [3.05, 3.63) is 66.8 Å². The van der Waals surface area contributed by atoms with Gasteiger partial charge in [-0.3, -0.25) is 0 Å². The van der Waals surface area contributed by atoms with Gasteiger partial charge in [0.05, 0.1) is 0 Å². The molecule has 0 N–H and O–H groups in total. The maximum absolute atomic E-state index is 3.85. The lowest BCUT2D eigenvalue weighted by molar-refractivity contribution is 1.28. The Hall–Kier alpha value is -1.82. The van der Waals surface area contributed by atoms with Crippen molar-refractivity contribution in [3.63, 3.8) is 0 Å². The van der Waals surface area contributed by atoms with E-state index >= 15 is 0 Å². The Kier molecular flexibility index (Phi) is 2.68. The van der Waals surface area contributed by atoms with Gasteiger partial charge in [-0.05, 0) is 34.4 Å². The van der Waals surface area contributed by atoms with E-state index in [4.69, 9.17) is 0 Å². The second-order valence-electron chi connectivity index (χ2n) is 3.60. The van der Waals surface area contributed by atoms with Gasteiger partial charge in [0.2, 0.25) is 0 Å². The lowest BCUT2D eigenvalue weighted by atomic mass is 9.99. The number of benzene rings is 2. The van der Waals surface area contributed by atoms with Crippen LogP contribution in [-0.4, -0.2) is 0 Å². The quantitative estimate of drug-likeness (QED) is 0.642. The zero-order chi connectivity index (χ0) is 10.7. The number of rotatable bonds is 3. The fourth-order valence-corrected chi connectivity index (χ4v) is 1.83. The molecular weight excluding hydrogens is 180 g/mol. The van der Waals surface area contributed by atoms with Crippen molar-refractivity contribution in [3.8, 4) is 0 Å². The Balaban J connectivity index is 2.68. The molecule has 0 bridgehead atoms. The Morgan fingerprint density at radius 2 is 1.67 bits per heavy atom. The molecule has 74 valence electrons. The van der Waals surface area contributed by atoms with Gasteiger partial charge in [0.1, 0.15) is 0 Å². The van der Waals surface area contributed by atoms with Crippen LogP contribution in [0.4, 0.5) is 0 Å². The smallest absolute Gasteiger partial charge is 0.00940 e. The molecule has 0 saturated heterocycles. The standard InChI is InChI=1S/C15H14/c1-3-7-13-11-15-9-6-5-8-14(15)10-12(13)4-2/h3-6,8-11H,1-2,7H2. The lowest BCUT2D eigenvalue weighted by Crippen LogP contribution is -1.87. The van der Waals surface area contributed by atoms with Crippen molar-refractivity contribution in [2.24, 2.45) is 0 Å². The average Bonchev–Trinajstić information content (AvgIpc) is 2.28. The maximum atomic E-state index is 3.85. The molecule has 0 aromatic heterocycles. The van der Waals surface area contributed by atoms with Crippen LogP contribution in [0.5, 0.6) is 0 Å².